The van der Waals surface area contributed by atoms with E-state index in [-0.39, 0.29) is 23.3 Å². The maximum atomic E-state index is 10.6. The Hall–Kier alpha value is -1.17. The largest absolute Gasteiger partial charge is 0.507 e. The highest BCUT2D eigenvalue weighted by Crippen LogP contribution is 2.47. The van der Waals surface area contributed by atoms with E-state index in [0.29, 0.717) is 11.3 Å². The SMILES string of the molecule is C=C(OI)[C@@H]1CCC(C)=C[C@H]1c1c(O)cc(CCCCC)cc1O. The van der Waals surface area contributed by atoms with Gasteiger partial charge in [0.2, 0.25) is 0 Å². The van der Waals surface area contributed by atoms with Crippen molar-refractivity contribution in [1.29, 1.82) is 0 Å². The quantitative estimate of drug-likeness (QED) is 0.231. The molecule has 1 aliphatic rings. The van der Waals surface area contributed by atoms with Crippen molar-refractivity contribution < 1.29 is 13.3 Å². The first kappa shape index (κ1) is 19.2. The van der Waals surface area contributed by atoms with Crippen LogP contribution in [0.25, 0.3) is 0 Å². The summed E-state index contributed by atoms with van der Waals surface area (Å²) in [5.74, 6) is 0.988. The van der Waals surface area contributed by atoms with Crippen LogP contribution in [0.4, 0.5) is 0 Å². The number of allylic oxidation sites excluding steroid dienone is 3. The third-order valence-corrected chi connectivity index (χ3v) is 5.42. The Labute approximate surface area is 159 Å². The van der Waals surface area contributed by atoms with Gasteiger partial charge in [-0.1, -0.05) is 38.0 Å². The van der Waals surface area contributed by atoms with E-state index in [9.17, 15) is 10.2 Å². The molecule has 24 heavy (non-hydrogen) atoms. The van der Waals surface area contributed by atoms with Crippen LogP contribution in [0, 0.1) is 5.92 Å². The van der Waals surface area contributed by atoms with E-state index < -0.39 is 0 Å². The van der Waals surface area contributed by atoms with Crippen LogP contribution in [0.1, 0.15) is 63.0 Å². The van der Waals surface area contributed by atoms with Crippen molar-refractivity contribution in [3.05, 3.63) is 47.2 Å². The molecule has 1 aromatic carbocycles. The summed E-state index contributed by atoms with van der Waals surface area (Å²) in [7, 11) is 0. The topological polar surface area (TPSA) is 49.7 Å². The number of rotatable bonds is 7. The molecule has 0 aliphatic heterocycles. The van der Waals surface area contributed by atoms with Gasteiger partial charge in [0.05, 0.1) is 0 Å². The summed E-state index contributed by atoms with van der Waals surface area (Å²) in [6, 6.07) is 3.60. The van der Waals surface area contributed by atoms with Gasteiger partial charge in [-0.3, -0.25) is 0 Å². The molecule has 0 bridgehead atoms. The van der Waals surface area contributed by atoms with Gasteiger partial charge in [0.15, 0.2) is 23.0 Å². The highest BCUT2D eigenvalue weighted by atomic mass is 127. The molecule has 0 aromatic heterocycles. The lowest BCUT2D eigenvalue weighted by Crippen LogP contribution is -2.18. The number of aryl methyl sites for hydroxylation is 1. The van der Waals surface area contributed by atoms with Crippen LogP contribution in [0.15, 0.2) is 36.1 Å². The molecule has 132 valence electrons. The Morgan fingerprint density at radius 1 is 1.29 bits per heavy atom. The van der Waals surface area contributed by atoms with E-state index in [1.807, 2.05) is 23.0 Å². The second kappa shape index (κ2) is 8.79. The average Bonchev–Trinajstić information content (AvgIpc) is 2.54. The highest BCUT2D eigenvalue weighted by molar-refractivity contribution is 14.1. The minimum atomic E-state index is -0.106. The van der Waals surface area contributed by atoms with Gasteiger partial charge in [0, 0.05) is 17.4 Å². The van der Waals surface area contributed by atoms with Crippen LogP contribution in [-0.2, 0) is 9.49 Å². The van der Waals surface area contributed by atoms with Crippen molar-refractivity contribution in [2.45, 2.75) is 58.3 Å². The smallest absolute Gasteiger partial charge is 0.192 e. The van der Waals surface area contributed by atoms with Crippen LogP contribution in [0.2, 0.25) is 0 Å². The van der Waals surface area contributed by atoms with Gasteiger partial charge in [0.1, 0.15) is 17.3 Å². The molecule has 0 heterocycles. The molecule has 0 radical (unpaired) electrons. The van der Waals surface area contributed by atoms with Crippen LogP contribution >= 0.6 is 23.0 Å². The predicted molar refractivity (Wildman–Crippen MR) is 106 cm³/mol. The Balaban J connectivity index is 2.34. The van der Waals surface area contributed by atoms with E-state index >= 15 is 0 Å². The number of unbranched alkanes of at least 4 members (excludes halogenated alkanes) is 2. The Kier molecular flexibility index (Phi) is 7.02. The van der Waals surface area contributed by atoms with Gasteiger partial charge in [-0.05, 0) is 50.3 Å². The number of phenolic OH excluding ortho intramolecular Hbond substituents is 2. The summed E-state index contributed by atoms with van der Waals surface area (Å²) in [6.45, 7) is 8.25. The summed E-state index contributed by atoms with van der Waals surface area (Å²) < 4.78 is 5.33. The number of phenols is 2. The van der Waals surface area contributed by atoms with Gasteiger partial charge in [0.25, 0.3) is 0 Å². The molecule has 4 heteroatoms. The van der Waals surface area contributed by atoms with Crippen molar-refractivity contribution >= 4 is 23.0 Å². The minimum absolute atomic E-state index is 0.0633. The van der Waals surface area contributed by atoms with Crippen LogP contribution < -0.4 is 0 Å². The third kappa shape index (κ3) is 4.47. The maximum Gasteiger partial charge on any atom is 0.192 e. The zero-order valence-corrected chi connectivity index (χ0v) is 16.7. The monoisotopic (exact) mass is 442 g/mol. The van der Waals surface area contributed by atoms with Crippen molar-refractivity contribution in [2.75, 3.05) is 0 Å². The number of hydrogen-bond acceptors (Lipinski definition) is 3. The second-order valence-corrected chi connectivity index (χ2v) is 7.17. The van der Waals surface area contributed by atoms with E-state index in [1.165, 1.54) is 5.57 Å². The lowest BCUT2D eigenvalue weighted by molar-refractivity contribution is 0.354. The summed E-state index contributed by atoms with van der Waals surface area (Å²) in [4.78, 5) is 0. The zero-order valence-electron chi connectivity index (χ0n) is 14.5. The van der Waals surface area contributed by atoms with Gasteiger partial charge in [-0.2, -0.15) is 0 Å². The molecule has 0 saturated heterocycles. The Bertz CT molecular complexity index is 598. The van der Waals surface area contributed by atoms with Crippen molar-refractivity contribution in [3.63, 3.8) is 0 Å². The lowest BCUT2D eigenvalue weighted by Gasteiger charge is -2.31. The highest BCUT2D eigenvalue weighted by Gasteiger charge is 2.32. The Morgan fingerprint density at radius 3 is 2.54 bits per heavy atom. The Morgan fingerprint density at radius 2 is 1.96 bits per heavy atom. The zero-order chi connectivity index (χ0) is 17.7. The first-order valence-electron chi connectivity index (χ1n) is 8.67. The first-order valence-corrected chi connectivity index (χ1v) is 9.55. The normalized spacial score (nSPS) is 20.5. The summed E-state index contributed by atoms with van der Waals surface area (Å²) in [5, 5.41) is 21.2. The van der Waals surface area contributed by atoms with Crippen molar-refractivity contribution in [1.82, 2.24) is 0 Å². The van der Waals surface area contributed by atoms with Crippen molar-refractivity contribution in [3.8, 4) is 11.5 Å². The molecule has 1 aromatic rings. The van der Waals surface area contributed by atoms with E-state index in [0.717, 1.165) is 44.1 Å². The molecule has 0 saturated carbocycles. The maximum absolute atomic E-state index is 10.6. The number of benzene rings is 1. The molecular weight excluding hydrogens is 415 g/mol. The molecule has 2 atom stereocenters. The second-order valence-electron chi connectivity index (χ2n) is 6.73. The van der Waals surface area contributed by atoms with Crippen LogP contribution in [-0.4, -0.2) is 10.2 Å². The van der Waals surface area contributed by atoms with Crippen molar-refractivity contribution in [2.24, 2.45) is 5.92 Å². The van der Waals surface area contributed by atoms with Gasteiger partial charge in [-0.15, -0.1) is 0 Å². The van der Waals surface area contributed by atoms with Gasteiger partial charge < -0.3 is 13.3 Å². The fourth-order valence-corrected chi connectivity index (χ4v) is 3.84. The predicted octanol–water partition coefficient (Wildman–Crippen LogP) is 6.15. The molecule has 2 N–H and O–H groups in total. The summed E-state index contributed by atoms with van der Waals surface area (Å²) in [5.41, 5.74) is 2.84. The van der Waals surface area contributed by atoms with Crippen LogP contribution in [0.5, 0.6) is 11.5 Å². The van der Waals surface area contributed by atoms with E-state index in [2.05, 4.69) is 26.5 Å². The molecule has 1 aliphatic carbocycles. The number of halogens is 1. The number of hydrogen-bond donors (Lipinski definition) is 2. The molecular formula is C20H27IO3. The van der Waals surface area contributed by atoms with E-state index in [4.69, 9.17) is 3.07 Å². The fraction of sp³-hybridized carbons (Fsp3) is 0.500. The molecule has 3 nitrogen and oxygen atoms in total. The summed E-state index contributed by atoms with van der Waals surface area (Å²) in [6.07, 6.45) is 8.27. The third-order valence-electron chi connectivity index (χ3n) is 4.86. The number of aromatic hydroxyl groups is 2. The molecule has 2 rings (SSSR count). The molecule has 0 fully saturated rings. The summed E-state index contributed by atoms with van der Waals surface area (Å²) >= 11 is 1.85. The molecule has 0 spiro atoms. The molecule has 0 unspecified atom stereocenters. The van der Waals surface area contributed by atoms with E-state index in [1.54, 1.807) is 12.1 Å². The molecule has 0 amide bonds. The minimum Gasteiger partial charge on any atom is -0.507 e. The average molecular weight is 442 g/mol. The standard InChI is InChI=1S/C20H27IO3/c1-4-5-6-7-15-11-18(22)20(19(23)12-15)17-10-13(2)8-9-16(17)14(3)24-21/h10-12,16-17,22-23H,3-9H2,1-2H3/t16-,17+/m0/s1. The fourth-order valence-electron chi connectivity index (χ4n) is 3.52. The lowest BCUT2D eigenvalue weighted by atomic mass is 9.75. The van der Waals surface area contributed by atoms with Gasteiger partial charge in [-0.25, -0.2) is 0 Å². The van der Waals surface area contributed by atoms with Crippen LogP contribution in [0.3, 0.4) is 0 Å². The van der Waals surface area contributed by atoms with Gasteiger partial charge >= 0.3 is 0 Å². The first-order chi connectivity index (χ1) is 11.5.